The Hall–Kier alpha value is -1.67. The topological polar surface area (TPSA) is 18.5 Å². The predicted molar refractivity (Wildman–Crippen MR) is 88.9 cm³/mol. The molecule has 2 nitrogen and oxygen atoms in total. The number of fused-ring (bicyclic) bond motifs is 1. The molecule has 0 unspecified atom stereocenters. The number of aryl methyl sites for hydroxylation is 1. The van der Waals surface area contributed by atoms with Gasteiger partial charge < -0.3 is 9.47 Å². The molecule has 0 bridgehead atoms. The Labute approximate surface area is 137 Å². The fourth-order valence-electron chi connectivity index (χ4n) is 2.79. The molecule has 0 fully saturated rings. The van der Waals surface area contributed by atoms with Crippen molar-refractivity contribution in [3.05, 3.63) is 58.1 Å². The zero-order chi connectivity index (χ0) is 15.7. The monoisotopic (exact) mass is 315 g/mol. The lowest BCUT2D eigenvalue weighted by atomic mass is 10.0. The molecule has 0 aromatic heterocycles. The molecule has 3 heteroatoms. The highest BCUT2D eigenvalue weighted by Crippen LogP contribution is 2.39. The van der Waals surface area contributed by atoms with Crippen LogP contribution in [0.15, 0.2) is 30.3 Å². The van der Waals surface area contributed by atoms with Gasteiger partial charge >= 0.3 is 0 Å². The summed E-state index contributed by atoms with van der Waals surface area (Å²) in [5.41, 5.74) is 3.10. The molecule has 0 aliphatic carbocycles. The lowest BCUT2D eigenvalue weighted by Crippen LogP contribution is -2.25. The summed E-state index contributed by atoms with van der Waals surface area (Å²) in [4.78, 5) is 0. The fraction of sp³-hybridized carbons (Fsp3) is 0.368. The standard InChI is InChI=1S/C19H20ClO2/c1-4-13-6-5-7-17(8-13)21-12-15-10-16(20)9-14-11-19(2,3)22-18(14)15/h5-7,9-10H,4,11-12H2,1-3H3. The number of ether oxygens (including phenoxy) is 2. The zero-order valence-corrected chi connectivity index (χ0v) is 14.0. The van der Waals surface area contributed by atoms with Gasteiger partial charge in [0.05, 0.1) is 0 Å². The summed E-state index contributed by atoms with van der Waals surface area (Å²) < 4.78 is 12.0. The van der Waals surface area contributed by atoms with Crippen molar-refractivity contribution in [2.75, 3.05) is 0 Å². The lowest BCUT2D eigenvalue weighted by Gasteiger charge is -2.18. The molecule has 0 atom stereocenters. The number of hydrogen-bond donors (Lipinski definition) is 0. The Morgan fingerprint density at radius 2 is 2.14 bits per heavy atom. The first-order valence-electron chi connectivity index (χ1n) is 7.61. The molecule has 22 heavy (non-hydrogen) atoms. The summed E-state index contributed by atoms with van der Waals surface area (Å²) >= 11 is 6.23. The Balaban J connectivity index is 1.81. The van der Waals surface area contributed by atoms with Gasteiger partial charge in [-0.1, -0.05) is 30.7 Å². The summed E-state index contributed by atoms with van der Waals surface area (Å²) in [5.74, 6) is 1.67. The van der Waals surface area contributed by atoms with Gasteiger partial charge in [-0.25, -0.2) is 0 Å². The average molecular weight is 316 g/mol. The van der Waals surface area contributed by atoms with Gasteiger partial charge in [0.25, 0.3) is 0 Å². The molecule has 1 heterocycles. The molecule has 3 rings (SSSR count). The lowest BCUT2D eigenvalue weighted by molar-refractivity contribution is 0.135. The predicted octanol–water partition coefficient (Wildman–Crippen LogP) is 5.00. The van der Waals surface area contributed by atoms with E-state index in [1.165, 1.54) is 0 Å². The first-order chi connectivity index (χ1) is 10.5. The highest BCUT2D eigenvalue weighted by atomic mass is 35.5. The van der Waals surface area contributed by atoms with E-state index in [1.807, 2.05) is 24.3 Å². The SMILES string of the molecule is CCc1[c]c(OCc2cc(Cl)cc3c2OC(C)(C)C3)ccc1. The molecule has 2 aromatic carbocycles. The first kappa shape index (κ1) is 15.2. The quantitative estimate of drug-likeness (QED) is 0.791. The van der Waals surface area contributed by atoms with Gasteiger partial charge in [-0.15, -0.1) is 0 Å². The van der Waals surface area contributed by atoms with E-state index in [-0.39, 0.29) is 5.60 Å². The van der Waals surface area contributed by atoms with Crippen molar-refractivity contribution >= 4 is 11.6 Å². The summed E-state index contributed by atoms with van der Waals surface area (Å²) in [6.07, 6.45) is 1.81. The minimum atomic E-state index is -0.185. The van der Waals surface area contributed by atoms with Gasteiger partial charge in [0.2, 0.25) is 0 Å². The third-order valence-corrected chi connectivity index (χ3v) is 4.01. The zero-order valence-electron chi connectivity index (χ0n) is 13.2. The molecule has 0 N–H and O–H groups in total. The van der Waals surface area contributed by atoms with Crippen LogP contribution in [0.25, 0.3) is 0 Å². The summed E-state index contributed by atoms with van der Waals surface area (Å²) in [6, 6.07) is 13.1. The molecule has 0 spiro atoms. The molecule has 0 amide bonds. The van der Waals surface area contributed by atoms with E-state index in [1.54, 1.807) is 0 Å². The highest BCUT2D eigenvalue weighted by molar-refractivity contribution is 6.30. The normalized spacial score (nSPS) is 15.3. The van der Waals surface area contributed by atoms with Gasteiger partial charge in [0.15, 0.2) is 0 Å². The van der Waals surface area contributed by atoms with E-state index in [0.29, 0.717) is 6.61 Å². The van der Waals surface area contributed by atoms with Crippen LogP contribution in [0.1, 0.15) is 37.5 Å². The maximum atomic E-state index is 6.23. The van der Waals surface area contributed by atoms with Crippen LogP contribution in [0.2, 0.25) is 5.02 Å². The Morgan fingerprint density at radius 3 is 2.91 bits per heavy atom. The maximum Gasteiger partial charge on any atom is 0.130 e. The van der Waals surface area contributed by atoms with Crippen LogP contribution in [0.5, 0.6) is 11.5 Å². The molecule has 0 saturated heterocycles. The number of benzene rings is 2. The van der Waals surface area contributed by atoms with Crippen LogP contribution in [-0.4, -0.2) is 5.60 Å². The van der Waals surface area contributed by atoms with Crippen LogP contribution < -0.4 is 9.47 Å². The van der Waals surface area contributed by atoms with Crippen molar-refractivity contribution in [1.29, 1.82) is 0 Å². The molecule has 0 saturated carbocycles. The number of halogens is 1. The molecular formula is C19H20ClO2. The van der Waals surface area contributed by atoms with Crippen LogP contribution in [0.3, 0.4) is 0 Å². The van der Waals surface area contributed by atoms with Gasteiger partial charge in [-0.3, -0.25) is 0 Å². The van der Waals surface area contributed by atoms with Gasteiger partial charge in [-0.2, -0.15) is 0 Å². The highest BCUT2D eigenvalue weighted by Gasteiger charge is 2.32. The van der Waals surface area contributed by atoms with E-state index in [2.05, 4.69) is 32.9 Å². The van der Waals surface area contributed by atoms with Crippen LogP contribution in [-0.2, 0) is 19.4 Å². The maximum absolute atomic E-state index is 6.23. The third-order valence-electron chi connectivity index (χ3n) is 3.79. The second kappa shape index (κ2) is 5.85. The third kappa shape index (κ3) is 3.22. The van der Waals surface area contributed by atoms with Crippen molar-refractivity contribution in [2.24, 2.45) is 0 Å². The molecule has 2 aromatic rings. The van der Waals surface area contributed by atoms with Crippen molar-refractivity contribution in [2.45, 2.75) is 45.8 Å². The van der Waals surface area contributed by atoms with Crippen molar-refractivity contribution < 1.29 is 9.47 Å². The summed E-state index contributed by atoms with van der Waals surface area (Å²) in [7, 11) is 0. The van der Waals surface area contributed by atoms with Crippen LogP contribution in [0.4, 0.5) is 0 Å². The minimum Gasteiger partial charge on any atom is -0.488 e. The molecule has 1 radical (unpaired) electrons. The van der Waals surface area contributed by atoms with Gasteiger partial charge in [-0.05, 0) is 49.6 Å². The number of rotatable bonds is 4. The number of hydrogen-bond acceptors (Lipinski definition) is 2. The Bertz CT molecular complexity index is 692. The van der Waals surface area contributed by atoms with Crippen LogP contribution in [0, 0.1) is 6.07 Å². The molecule has 115 valence electrons. The summed E-state index contributed by atoms with van der Waals surface area (Å²) in [6.45, 7) is 6.71. The van der Waals surface area contributed by atoms with E-state index in [4.69, 9.17) is 21.1 Å². The molecule has 1 aliphatic rings. The van der Waals surface area contributed by atoms with E-state index in [9.17, 15) is 0 Å². The molecule has 1 aliphatic heterocycles. The van der Waals surface area contributed by atoms with E-state index in [0.717, 1.165) is 46.1 Å². The van der Waals surface area contributed by atoms with Crippen molar-refractivity contribution in [1.82, 2.24) is 0 Å². The van der Waals surface area contributed by atoms with E-state index >= 15 is 0 Å². The molecular weight excluding hydrogens is 296 g/mol. The second-order valence-electron chi connectivity index (χ2n) is 6.27. The average Bonchev–Trinajstić information content (AvgIpc) is 2.79. The van der Waals surface area contributed by atoms with Gasteiger partial charge in [0, 0.05) is 23.1 Å². The smallest absolute Gasteiger partial charge is 0.130 e. The first-order valence-corrected chi connectivity index (χ1v) is 7.99. The van der Waals surface area contributed by atoms with Crippen LogP contribution >= 0.6 is 11.6 Å². The Morgan fingerprint density at radius 1 is 1.32 bits per heavy atom. The summed E-state index contributed by atoms with van der Waals surface area (Å²) in [5, 5.41) is 0.727. The second-order valence-corrected chi connectivity index (χ2v) is 6.71. The largest absolute Gasteiger partial charge is 0.488 e. The Kier molecular flexibility index (Phi) is 4.05. The van der Waals surface area contributed by atoms with E-state index < -0.39 is 0 Å². The van der Waals surface area contributed by atoms with Crippen molar-refractivity contribution in [3.8, 4) is 11.5 Å². The van der Waals surface area contributed by atoms with Crippen molar-refractivity contribution in [3.63, 3.8) is 0 Å². The fourth-order valence-corrected chi connectivity index (χ4v) is 3.06. The minimum absolute atomic E-state index is 0.185. The van der Waals surface area contributed by atoms with Gasteiger partial charge in [0.1, 0.15) is 23.7 Å².